The molecule has 1 fully saturated rings. The van der Waals surface area contributed by atoms with E-state index in [1.54, 1.807) is 24.3 Å². The minimum atomic E-state index is -0.535. The van der Waals surface area contributed by atoms with Crippen LogP contribution in [0.25, 0.3) is 0 Å². The highest BCUT2D eigenvalue weighted by Gasteiger charge is 2.29. The van der Waals surface area contributed by atoms with Gasteiger partial charge in [0.25, 0.3) is 5.91 Å². The van der Waals surface area contributed by atoms with Crippen molar-refractivity contribution in [2.45, 2.75) is 58.5 Å². The molecule has 1 aliphatic heterocycles. The number of likely N-dealkylation sites (tertiary alicyclic amines) is 1. The average molecular weight is 394 g/mol. The van der Waals surface area contributed by atoms with E-state index < -0.39 is 6.04 Å². The first-order valence-electron chi connectivity index (χ1n) is 10.0. The lowest BCUT2D eigenvalue weighted by molar-refractivity contribution is -0.125. The number of piperidine rings is 1. The first-order chi connectivity index (χ1) is 12.9. The third-order valence-electron chi connectivity index (χ3n) is 5.36. The maximum atomic E-state index is 12.9. The van der Waals surface area contributed by atoms with Crippen LogP contribution in [0.15, 0.2) is 24.3 Å². The number of halogens is 1. The van der Waals surface area contributed by atoms with Crippen molar-refractivity contribution in [2.75, 3.05) is 19.6 Å². The number of hydrogen-bond donors (Lipinski definition) is 2. The van der Waals surface area contributed by atoms with Gasteiger partial charge in [-0.15, -0.1) is 0 Å². The SMILES string of the molecule is CCCN1CCC(NC(=O)C(NC(=O)c2ccc(Cl)cc2)C(C)CC)CC1. The molecule has 5 nitrogen and oxygen atoms in total. The molecule has 1 saturated heterocycles. The van der Waals surface area contributed by atoms with Crippen molar-refractivity contribution >= 4 is 23.4 Å². The molecule has 0 bridgehead atoms. The number of amides is 2. The zero-order valence-electron chi connectivity index (χ0n) is 16.6. The summed E-state index contributed by atoms with van der Waals surface area (Å²) in [6.45, 7) is 9.37. The van der Waals surface area contributed by atoms with Crippen molar-refractivity contribution in [3.05, 3.63) is 34.9 Å². The standard InChI is InChI=1S/C21H32ClN3O2/c1-4-12-25-13-10-18(11-14-25)23-21(27)19(15(3)5-2)24-20(26)16-6-8-17(22)9-7-16/h6-9,15,18-19H,4-5,10-14H2,1-3H3,(H,23,27)(H,24,26). The number of nitrogens with one attached hydrogen (secondary N) is 2. The van der Waals surface area contributed by atoms with E-state index in [9.17, 15) is 9.59 Å². The Hall–Kier alpha value is -1.59. The van der Waals surface area contributed by atoms with Crippen LogP contribution in [-0.2, 0) is 4.79 Å². The molecule has 2 atom stereocenters. The Labute approximate surface area is 167 Å². The molecule has 27 heavy (non-hydrogen) atoms. The first-order valence-corrected chi connectivity index (χ1v) is 10.4. The quantitative estimate of drug-likeness (QED) is 0.710. The van der Waals surface area contributed by atoms with Gasteiger partial charge in [-0.05, 0) is 56.0 Å². The predicted octanol–water partition coefficient (Wildman–Crippen LogP) is 3.48. The van der Waals surface area contributed by atoms with Crippen molar-refractivity contribution in [3.8, 4) is 0 Å². The van der Waals surface area contributed by atoms with E-state index in [2.05, 4.69) is 22.5 Å². The number of carbonyl (C=O) groups excluding carboxylic acids is 2. The van der Waals surface area contributed by atoms with Crippen molar-refractivity contribution in [3.63, 3.8) is 0 Å². The third kappa shape index (κ3) is 6.51. The summed E-state index contributed by atoms with van der Waals surface area (Å²) in [5, 5.41) is 6.66. The van der Waals surface area contributed by atoms with E-state index in [0.29, 0.717) is 10.6 Å². The van der Waals surface area contributed by atoms with Gasteiger partial charge < -0.3 is 15.5 Å². The average Bonchev–Trinajstić information content (AvgIpc) is 2.67. The summed E-state index contributed by atoms with van der Waals surface area (Å²) in [5.74, 6) is -0.271. The molecule has 1 heterocycles. The lowest BCUT2D eigenvalue weighted by Gasteiger charge is -2.33. The number of hydrogen-bond acceptors (Lipinski definition) is 3. The van der Waals surface area contributed by atoms with Gasteiger partial charge in [0.05, 0.1) is 0 Å². The van der Waals surface area contributed by atoms with Crippen LogP contribution in [0, 0.1) is 5.92 Å². The second-order valence-corrected chi connectivity index (χ2v) is 7.90. The van der Waals surface area contributed by atoms with Crippen LogP contribution in [0.5, 0.6) is 0 Å². The van der Waals surface area contributed by atoms with Gasteiger partial charge in [-0.3, -0.25) is 9.59 Å². The van der Waals surface area contributed by atoms with E-state index in [0.717, 1.165) is 45.3 Å². The molecular formula is C21H32ClN3O2. The Morgan fingerprint density at radius 3 is 2.37 bits per heavy atom. The summed E-state index contributed by atoms with van der Waals surface area (Å²) in [6, 6.07) is 6.35. The fraction of sp³-hybridized carbons (Fsp3) is 0.619. The summed E-state index contributed by atoms with van der Waals surface area (Å²) in [4.78, 5) is 27.9. The van der Waals surface area contributed by atoms with Crippen molar-refractivity contribution in [1.29, 1.82) is 0 Å². The molecule has 1 aromatic carbocycles. The van der Waals surface area contributed by atoms with E-state index in [-0.39, 0.29) is 23.8 Å². The molecule has 2 N–H and O–H groups in total. The van der Waals surface area contributed by atoms with Gasteiger partial charge in [0.1, 0.15) is 6.04 Å². The molecule has 1 aliphatic rings. The van der Waals surface area contributed by atoms with Crippen LogP contribution < -0.4 is 10.6 Å². The highest BCUT2D eigenvalue weighted by molar-refractivity contribution is 6.30. The normalized spacial score (nSPS) is 17.9. The molecule has 2 rings (SSSR count). The Bertz CT molecular complexity index is 612. The summed E-state index contributed by atoms with van der Waals surface area (Å²) >= 11 is 5.88. The Morgan fingerprint density at radius 2 is 1.81 bits per heavy atom. The Morgan fingerprint density at radius 1 is 1.19 bits per heavy atom. The van der Waals surface area contributed by atoms with Crippen LogP contribution in [0.4, 0.5) is 0 Å². The lowest BCUT2D eigenvalue weighted by atomic mass is 9.96. The molecule has 0 aromatic heterocycles. The largest absolute Gasteiger partial charge is 0.351 e. The van der Waals surface area contributed by atoms with Gasteiger partial charge in [0, 0.05) is 29.7 Å². The highest BCUT2D eigenvalue weighted by atomic mass is 35.5. The molecule has 0 saturated carbocycles. The molecule has 150 valence electrons. The van der Waals surface area contributed by atoms with Crippen LogP contribution in [0.3, 0.4) is 0 Å². The monoisotopic (exact) mass is 393 g/mol. The van der Waals surface area contributed by atoms with E-state index in [1.165, 1.54) is 0 Å². The second kappa shape index (κ2) is 10.7. The van der Waals surface area contributed by atoms with E-state index in [4.69, 9.17) is 11.6 Å². The predicted molar refractivity (Wildman–Crippen MR) is 110 cm³/mol. The minimum absolute atomic E-state index is 0.0569. The summed E-state index contributed by atoms with van der Waals surface area (Å²) < 4.78 is 0. The zero-order valence-corrected chi connectivity index (χ0v) is 17.4. The molecule has 0 radical (unpaired) electrons. The van der Waals surface area contributed by atoms with Crippen LogP contribution >= 0.6 is 11.6 Å². The fourth-order valence-electron chi connectivity index (χ4n) is 3.44. The van der Waals surface area contributed by atoms with Gasteiger partial charge in [-0.2, -0.15) is 0 Å². The molecule has 6 heteroatoms. The van der Waals surface area contributed by atoms with Crippen molar-refractivity contribution < 1.29 is 9.59 Å². The Kier molecular flexibility index (Phi) is 8.58. The van der Waals surface area contributed by atoms with Gasteiger partial charge >= 0.3 is 0 Å². The van der Waals surface area contributed by atoms with E-state index >= 15 is 0 Å². The van der Waals surface area contributed by atoms with Crippen molar-refractivity contribution in [1.82, 2.24) is 15.5 Å². The number of benzene rings is 1. The number of carbonyl (C=O) groups is 2. The van der Waals surface area contributed by atoms with E-state index in [1.807, 2.05) is 13.8 Å². The van der Waals surface area contributed by atoms with Crippen LogP contribution in [0.2, 0.25) is 5.02 Å². The minimum Gasteiger partial charge on any atom is -0.351 e. The smallest absolute Gasteiger partial charge is 0.251 e. The molecule has 2 amide bonds. The zero-order chi connectivity index (χ0) is 19.8. The van der Waals surface area contributed by atoms with Gasteiger partial charge in [-0.1, -0.05) is 38.8 Å². The van der Waals surface area contributed by atoms with Crippen LogP contribution in [-0.4, -0.2) is 48.4 Å². The van der Waals surface area contributed by atoms with Crippen molar-refractivity contribution in [2.24, 2.45) is 5.92 Å². The second-order valence-electron chi connectivity index (χ2n) is 7.47. The highest BCUT2D eigenvalue weighted by Crippen LogP contribution is 2.15. The van der Waals surface area contributed by atoms with Gasteiger partial charge in [0.2, 0.25) is 5.91 Å². The molecule has 1 aromatic rings. The lowest BCUT2D eigenvalue weighted by Crippen LogP contribution is -2.54. The van der Waals surface area contributed by atoms with Gasteiger partial charge in [0.15, 0.2) is 0 Å². The summed E-state index contributed by atoms with van der Waals surface area (Å²) in [6.07, 6.45) is 3.89. The third-order valence-corrected chi connectivity index (χ3v) is 5.61. The molecule has 0 spiro atoms. The summed E-state index contributed by atoms with van der Waals surface area (Å²) in [5.41, 5.74) is 0.508. The number of rotatable bonds is 8. The maximum Gasteiger partial charge on any atom is 0.251 e. The fourth-order valence-corrected chi connectivity index (χ4v) is 3.56. The molecule has 2 unspecified atom stereocenters. The first kappa shape index (κ1) is 21.7. The van der Waals surface area contributed by atoms with Gasteiger partial charge in [-0.25, -0.2) is 0 Å². The summed E-state index contributed by atoms with van der Waals surface area (Å²) in [7, 11) is 0. The Balaban J connectivity index is 1.95. The topological polar surface area (TPSA) is 61.4 Å². The number of nitrogens with zero attached hydrogens (tertiary/aromatic N) is 1. The maximum absolute atomic E-state index is 12.9. The molecular weight excluding hydrogens is 362 g/mol. The molecule has 0 aliphatic carbocycles. The van der Waals surface area contributed by atoms with Crippen LogP contribution in [0.1, 0.15) is 56.8 Å².